The number of ether oxygens (including phenoxy) is 1. The van der Waals surface area contributed by atoms with Crippen LogP contribution in [0.2, 0.25) is 0 Å². The van der Waals surface area contributed by atoms with E-state index in [-0.39, 0.29) is 23.8 Å². The van der Waals surface area contributed by atoms with Gasteiger partial charge in [0.2, 0.25) is 15.9 Å². The van der Waals surface area contributed by atoms with Crippen LogP contribution in [-0.2, 0) is 10.0 Å². The number of aromatic nitrogens is 2. The molecule has 0 atom stereocenters. The predicted octanol–water partition coefficient (Wildman–Crippen LogP) is 2.34. The lowest BCUT2D eigenvalue weighted by Crippen LogP contribution is -2.30. The Hall–Kier alpha value is -2.52. The third kappa shape index (κ3) is 5.74. The molecule has 0 unspecified atom stereocenters. The topological polar surface area (TPSA) is 101 Å². The highest BCUT2D eigenvalue weighted by Crippen LogP contribution is 2.21. The highest BCUT2D eigenvalue weighted by atomic mass is 32.2. The molecule has 2 aromatic rings. The largest absolute Gasteiger partial charge is 0.476 e. The first kappa shape index (κ1) is 21.2. The van der Waals surface area contributed by atoms with Crippen LogP contribution in [-0.4, -0.2) is 50.4 Å². The molecule has 0 bridgehead atoms. The number of hydrogen-bond acceptors (Lipinski definition) is 7. The highest BCUT2D eigenvalue weighted by molar-refractivity contribution is 7.89. The van der Waals surface area contributed by atoms with Crippen molar-refractivity contribution in [2.75, 3.05) is 31.1 Å². The van der Waals surface area contributed by atoms with Crippen molar-refractivity contribution >= 4 is 21.6 Å². The van der Waals surface area contributed by atoms with Crippen LogP contribution in [0.3, 0.4) is 0 Å². The Morgan fingerprint density at radius 3 is 2.48 bits per heavy atom. The van der Waals surface area contributed by atoms with Gasteiger partial charge >= 0.3 is 0 Å². The zero-order valence-electron chi connectivity index (χ0n) is 16.7. The van der Waals surface area contributed by atoms with Gasteiger partial charge in [-0.05, 0) is 45.2 Å². The van der Waals surface area contributed by atoms with Crippen LogP contribution >= 0.6 is 0 Å². The Bertz CT molecular complexity index is 955. The van der Waals surface area contributed by atoms with Crippen LogP contribution in [0, 0.1) is 6.92 Å². The quantitative estimate of drug-likeness (QED) is 0.518. The molecule has 9 heteroatoms. The summed E-state index contributed by atoms with van der Waals surface area (Å²) in [6, 6.07) is 7.63. The van der Waals surface area contributed by atoms with Crippen LogP contribution in [0.15, 0.2) is 35.2 Å². The summed E-state index contributed by atoms with van der Waals surface area (Å²) in [5.74, 6) is 1.79. The number of sulfonamides is 1. The van der Waals surface area contributed by atoms with Crippen molar-refractivity contribution in [1.29, 1.82) is 0 Å². The Kier molecular flexibility index (Phi) is 6.81. The molecule has 29 heavy (non-hydrogen) atoms. The van der Waals surface area contributed by atoms with Crippen molar-refractivity contribution in [3.63, 3.8) is 0 Å². The van der Waals surface area contributed by atoms with Gasteiger partial charge in [-0.1, -0.05) is 12.1 Å². The average Bonchev–Trinajstić information content (AvgIpc) is 2.71. The molecule has 0 amide bonds. The van der Waals surface area contributed by atoms with Crippen LogP contribution in [0.1, 0.15) is 42.4 Å². The van der Waals surface area contributed by atoms with E-state index in [0.717, 1.165) is 31.7 Å². The van der Waals surface area contributed by atoms with Gasteiger partial charge in [0.05, 0.1) is 4.90 Å². The fraction of sp³-hybridized carbons (Fsp3) is 0.450. The number of piperidine rings is 1. The Morgan fingerprint density at radius 1 is 1.14 bits per heavy atom. The van der Waals surface area contributed by atoms with Gasteiger partial charge in [-0.3, -0.25) is 4.79 Å². The molecule has 0 radical (unpaired) electrons. The first-order valence-electron chi connectivity index (χ1n) is 9.69. The molecule has 3 rings (SSSR count). The molecule has 1 aliphatic heterocycles. The van der Waals surface area contributed by atoms with E-state index >= 15 is 0 Å². The minimum Gasteiger partial charge on any atom is -0.476 e. The van der Waals surface area contributed by atoms with Crippen LogP contribution < -0.4 is 14.4 Å². The summed E-state index contributed by atoms with van der Waals surface area (Å²) in [7, 11) is -3.67. The molecule has 1 N–H and O–H groups in total. The van der Waals surface area contributed by atoms with Crippen molar-refractivity contribution in [3.05, 3.63) is 41.7 Å². The number of nitrogens with zero attached hydrogens (tertiary/aromatic N) is 3. The predicted molar refractivity (Wildman–Crippen MR) is 110 cm³/mol. The summed E-state index contributed by atoms with van der Waals surface area (Å²) >= 11 is 0. The Labute approximate surface area is 171 Å². The molecule has 2 heterocycles. The van der Waals surface area contributed by atoms with E-state index in [9.17, 15) is 13.2 Å². The van der Waals surface area contributed by atoms with Crippen molar-refractivity contribution < 1.29 is 17.9 Å². The number of carbonyl (C=O) groups excluding carboxylic acids is 1. The van der Waals surface area contributed by atoms with Crippen LogP contribution in [0.5, 0.6) is 5.88 Å². The molecule has 0 aliphatic carbocycles. The van der Waals surface area contributed by atoms with E-state index in [1.54, 1.807) is 6.07 Å². The molecule has 0 saturated carbocycles. The number of rotatable bonds is 8. The normalized spacial score (nSPS) is 14.6. The van der Waals surface area contributed by atoms with Gasteiger partial charge in [-0.2, -0.15) is 4.98 Å². The molecule has 1 saturated heterocycles. The molecule has 1 aliphatic rings. The Balaban J connectivity index is 1.55. The standard InChI is InChI=1S/C20H26N4O4S/c1-15(25)17-6-8-18(9-7-17)29(26,27)21-10-13-28-20-14-19(22-16(2)23-20)24-11-4-3-5-12-24/h6-9,14,21H,3-5,10-13H2,1-2H3. The minimum absolute atomic E-state index is 0.0961. The number of anilines is 1. The molecule has 156 valence electrons. The lowest BCUT2D eigenvalue weighted by Gasteiger charge is -2.28. The van der Waals surface area contributed by atoms with Crippen molar-refractivity contribution in [3.8, 4) is 5.88 Å². The number of hydrogen-bond donors (Lipinski definition) is 1. The van der Waals surface area contributed by atoms with E-state index in [1.165, 1.54) is 37.6 Å². The Morgan fingerprint density at radius 2 is 1.83 bits per heavy atom. The van der Waals surface area contributed by atoms with E-state index < -0.39 is 10.0 Å². The van der Waals surface area contributed by atoms with Crippen LogP contribution in [0.4, 0.5) is 5.82 Å². The number of ketones is 1. The van der Waals surface area contributed by atoms with E-state index in [0.29, 0.717) is 17.3 Å². The maximum atomic E-state index is 12.4. The second-order valence-electron chi connectivity index (χ2n) is 6.99. The third-order valence-corrected chi connectivity index (χ3v) is 6.17. The van der Waals surface area contributed by atoms with Gasteiger partial charge < -0.3 is 9.64 Å². The molecular formula is C20H26N4O4S. The molecule has 1 aromatic heterocycles. The third-order valence-electron chi connectivity index (χ3n) is 4.70. The summed E-state index contributed by atoms with van der Waals surface area (Å²) in [5.41, 5.74) is 0.468. The minimum atomic E-state index is -3.67. The number of aryl methyl sites for hydroxylation is 1. The molecule has 1 fully saturated rings. The van der Waals surface area contributed by atoms with Crippen molar-refractivity contribution in [2.45, 2.75) is 38.0 Å². The number of Topliss-reactive ketones (excluding diaryl/α,β-unsaturated/α-hetero) is 1. The zero-order valence-corrected chi connectivity index (χ0v) is 17.5. The molecule has 8 nitrogen and oxygen atoms in total. The summed E-state index contributed by atoms with van der Waals surface area (Å²) < 4.78 is 32.9. The van der Waals surface area contributed by atoms with E-state index in [4.69, 9.17) is 4.74 Å². The second-order valence-corrected chi connectivity index (χ2v) is 8.75. The summed E-state index contributed by atoms with van der Waals surface area (Å²) in [6.07, 6.45) is 3.53. The SMILES string of the molecule is CC(=O)c1ccc(S(=O)(=O)NCCOc2cc(N3CCCCC3)nc(C)n2)cc1. The maximum absolute atomic E-state index is 12.4. The van der Waals surface area contributed by atoms with Gasteiger partial charge in [0.1, 0.15) is 18.2 Å². The highest BCUT2D eigenvalue weighted by Gasteiger charge is 2.16. The smallest absolute Gasteiger partial charge is 0.240 e. The van der Waals surface area contributed by atoms with Crippen LogP contribution in [0.25, 0.3) is 0 Å². The second kappa shape index (κ2) is 9.32. The summed E-state index contributed by atoms with van der Waals surface area (Å²) in [6.45, 7) is 5.42. The monoisotopic (exact) mass is 418 g/mol. The van der Waals surface area contributed by atoms with Crippen molar-refractivity contribution in [2.24, 2.45) is 0 Å². The first-order chi connectivity index (χ1) is 13.8. The van der Waals surface area contributed by atoms with E-state index in [2.05, 4.69) is 19.6 Å². The lowest BCUT2D eigenvalue weighted by molar-refractivity contribution is 0.101. The fourth-order valence-corrected chi connectivity index (χ4v) is 4.18. The van der Waals surface area contributed by atoms with Gasteiger partial charge in [0.25, 0.3) is 0 Å². The molecule has 0 spiro atoms. The maximum Gasteiger partial charge on any atom is 0.240 e. The van der Waals surface area contributed by atoms with Gasteiger partial charge in [-0.25, -0.2) is 18.1 Å². The van der Waals surface area contributed by atoms with Gasteiger partial charge in [0, 0.05) is 31.3 Å². The van der Waals surface area contributed by atoms with Gasteiger partial charge in [-0.15, -0.1) is 0 Å². The number of carbonyl (C=O) groups is 1. The molecule has 1 aromatic carbocycles. The fourth-order valence-electron chi connectivity index (χ4n) is 3.17. The van der Waals surface area contributed by atoms with Gasteiger partial charge in [0.15, 0.2) is 5.78 Å². The number of nitrogens with one attached hydrogen (secondary N) is 1. The summed E-state index contributed by atoms with van der Waals surface area (Å²) in [5, 5.41) is 0. The lowest BCUT2D eigenvalue weighted by atomic mass is 10.1. The van der Waals surface area contributed by atoms with Crippen molar-refractivity contribution in [1.82, 2.24) is 14.7 Å². The summed E-state index contributed by atoms with van der Waals surface area (Å²) in [4.78, 5) is 22.4. The average molecular weight is 419 g/mol. The first-order valence-corrected chi connectivity index (χ1v) is 11.2. The number of benzene rings is 1. The molecular weight excluding hydrogens is 392 g/mol. The zero-order chi connectivity index (χ0) is 20.9. The van der Waals surface area contributed by atoms with E-state index in [1.807, 2.05) is 6.92 Å².